The van der Waals surface area contributed by atoms with Gasteiger partial charge in [0.1, 0.15) is 17.3 Å². The molecule has 8 heteroatoms. The van der Waals surface area contributed by atoms with E-state index in [0.717, 1.165) is 5.56 Å². The lowest BCUT2D eigenvalue weighted by atomic mass is 9.92. The molecule has 3 aromatic rings. The predicted molar refractivity (Wildman–Crippen MR) is 138 cm³/mol. The fraction of sp³-hybridized carbons (Fsp3) is 0.207. The highest BCUT2D eigenvalue weighted by Crippen LogP contribution is 2.44. The third-order valence-electron chi connectivity index (χ3n) is 6.38. The molecule has 1 atom stereocenters. The summed E-state index contributed by atoms with van der Waals surface area (Å²) in [5.74, 6) is -1.59. The van der Waals surface area contributed by atoms with Crippen LogP contribution in [0.15, 0.2) is 72.3 Å². The quantitative estimate of drug-likeness (QED) is 0.222. The minimum atomic E-state index is -0.899. The number of rotatable bonds is 7. The number of esters is 1. The molecule has 1 aliphatic rings. The maximum atomic E-state index is 13.5. The molecule has 1 aliphatic heterocycles. The molecule has 4 rings (SSSR count). The topological polar surface area (TPSA) is 102 Å². The van der Waals surface area contributed by atoms with E-state index in [9.17, 15) is 19.5 Å². The van der Waals surface area contributed by atoms with E-state index in [0.29, 0.717) is 28.3 Å². The van der Waals surface area contributed by atoms with Gasteiger partial charge in [-0.15, -0.1) is 0 Å². The highest BCUT2D eigenvalue weighted by molar-refractivity contribution is 6.51. The summed E-state index contributed by atoms with van der Waals surface area (Å²) in [6.07, 6.45) is 0.0758. The lowest BCUT2D eigenvalue weighted by molar-refractivity contribution is -0.139. The SMILES string of the molecule is COC(=O)Cc1ccc(N2C(=O)C(=O)/C(=C(/O)c3cc(OC)ccc3OC)C2c2ccccc2C)cc1. The van der Waals surface area contributed by atoms with Crippen LogP contribution in [0.1, 0.15) is 28.3 Å². The number of anilines is 1. The number of aliphatic hydroxyl groups excluding tert-OH is 1. The van der Waals surface area contributed by atoms with E-state index < -0.39 is 17.7 Å². The number of carbonyl (C=O) groups is 3. The number of carbonyl (C=O) groups excluding carboxylic acids is 3. The summed E-state index contributed by atoms with van der Waals surface area (Å²) in [6, 6.07) is 18.0. The highest BCUT2D eigenvalue weighted by atomic mass is 16.5. The van der Waals surface area contributed by atoms with Crippen LogP contribution in [0.5, 0.6) is 11.5 Å². The molecular weight excluding hydrogens is 474 g/mol. The molecule has 0 radical (unpaired) electrons. The Morgan fingerprint density at radius 3 is 2.27 bits per heavy atom. The third-order valence-corrected chi connectivity index (χ3v) is 6.38. The molecule has 0 aliphatic carbocycles. The van der Waals surface area contributed by atoms with Gasteiger partial charge in [-0.05, 0) is 53.9 Å². The van der Waals surface area contributed by atoms with Gasteiger partial charge >= 0.3 is 5.97 Å². The number of amides is 1. The number of hydrogen-bond donors (Lipinski definition) is 1. The Balaban J connectivity index is 1.91. The van der Waals surface area contributed by atoms with Gasteiger partial charge in [0.2, 0.25) is 0 Å². The average molecular weight is 502 g/mol. The molecule has 1 unspecified atom stereocenters. The summed E-state index contributed by atoms with van der Waals surface area (Å²) >= 11 is 0. The molecular formula is C29H27NO7. The highest BCUT2D eigenvalue weighted by Gasteiger charge is 2.47. The Morgan fingerprint density at radius 2 is 1.65 bits per heavy atom. The first-order valence-electron chi connectivity index (χ1n) is 11.5. The Hall–Kier alpha value is -4.59. The second-order valence-corrected chi connectivity index (χ2v) is 8.51. The van der Waals surface area contributed by atoms with E-state index >= 15 is 0 Å². The fourth-order valence-electron chi connectivity index (χ4n) is 4.44. The lowest BCUT2D eigenvalue weighted by Crippen LogP contribution is -2.29. The van der Waals surface area contributed by atoms with Crippen molar-refractivity contribution in [3.8, 4) is 11.5 Å². The van der Waals surface area contributed by atoms with Crippen LogP contribution >= 0.6 is 0 Å². The average Bonchev–Trinajstić information content (AvgIpc) is 3.18. The van der Waals surface area contributed by atoms with Gasteiger partial charge in [-0.3, -0.25) is 19.3 Å². The number of methoxy groups -OCH3 is 3. The van der Waals surface area contributed by atoms with Crippen LogP contribution in [0.3, 0.4) is 0 Å². The zero-order valence-electron chi connectivity index (χ0n) is 21.0. The van der Waals surface area contributed by atoms with Crippen molar-refractivity contribution in [2.24, 2.45) is 0 Å². The van der Waals surface area contributed by atoms with Gasteiger partial charge in [0, 0.05) is 5.69 Å². The zero-order chi connectivity index (χ0) is 26.7. The Labute approximate surface area is 214 Å². The number of aryl methyl sites for hydroxylation is 1. The van der Waals surface area contributed by atoms with Gasteiger partial charge in [0.15, 0.2) is 0 Å². The summed E-state index contributed by atoms with van der Waals surface area (Å²) < 4.78 is 15.4. The summed E-state index contributed by atoms with van der Waals surface area (Å²) in [5.41, 5.74) is 2.83. The number of ketones is 1. The van der Waals surface area contributed by atoms with E-state index in [1.807, 2.05) is 31.2 Å². The molecule has 8 nitrogen and oxygen atoms in total. The molecule has 0 spiro atoms. The monoisotopic (exact) mass is 501 g/mol. The van der Waals surface area contributed by atoms with Crippen molar-refractivity contribution < 1.29 is 33.7 Å². The van der Waals surface area contributed by atoms with Crippen LogP contribution in [-0.4, -0.2) is 44.1 Å². The molecule has 0 saturated carbocycles. The minimum absolute atomic E-state index is 0.0653. The van der Waals surface area contributed by atoms with Gasteiger partial charge < -0.3 is 19.3 Å². The molecule has 190 valence electrons. The van der Waals surface area contributed by atoms with Crippen molar-refractivity contribution in [2.45, 2.75) is 19.4 Å². The number of Topliss-reactive ketones (excluding diaryl/α,β-unsaturated/α-hetero) is 1. The molecule has 37 heavy (non-hydrogen) atoms. The van der Waals surface area contributed by atoms with Gasteiger partial charge in [-0.2, -0.15) is 0 Å². The molecule has 0 bridgehead atoms. The lowest BCUT2D eigenvalue weighted by Gasteiger charge is -2.27. The van der Waals surface area contributed by atoms with Crippen LogP contribution in [0, 0.1) is 6.92 Å². The maximum Gasteiger partial charge on any atom is 0.309 e. The van der Waals surface area contributed by atoms with Crippen molar-refractivity contribution in [1.82, 2.24) is 0 Å². The first kappa shape index (κ1) is 25.5. The minimum Gasteiger partial charge on any atom is -0.507 e. The van der Waals surface area contributed by atoms with Gasteiger partial charge in [0.25, 0.3) is 11.7 Å². The summed E-state index contributed by atoms with van der Waals surface area (Å²) in [6.45, 7) is 1.88. The fourth-order valence-corrected chi connectivity index (χ4v) is 4.44. The Bertz CT molecular complexity index is 1390. The van der Waals surface area contributed by atoms with E-state index in [1.54, 1.807) is 42.5 Å². The first-order valence-corrected chi connectivity index (χ1v) is 11.5. The number of benzene rings is 3. The second-order valence-electron chi connectivity index (χ2n) is 8.51. The number of hydrogen-bond acceptors (Lipinski definition) is 7. The van der Waals surface area contributed by atoms with E-state index in [4.69, 9.17) is 14.2 Å². The number of nitrogens with zero attached hydrogens (tertiary/aromatic N) is 1. The zero-order valence-corrected chi connectivity index (χ0v) is 21.0. The van der Waals surface area contributed by atoms with Crippen LogP contribution in [0.25, 0.3) is 5.76 Å². The van der Waals surface area contributed by atoms with Crippen molar-refractivity contribution in [3.05, 3.63) is 94.6 Å². The molecule has 1 heterocycles. The molecule has 1 fully saturated rings. The molecule has 1 N–H and O–H groups in total. The number of aliphatic hydroxyl groups is 1. The summed E-state index contributed by atoms with van der Waals surface area (Å²) in [4.78, 5) is 39.9. The van der Waals surface area contributed by atoms with E-state index in [-0.39, 0.29) is 29.3 Å². The van der Waals surface area contributed by atoms with Crippen molar-refractivity contribution in [2.75, 3.05) is 26.2 Å². The first-order chi connectivity index (χ1) is 17.8. The van der Waals surface area contributed by atoms with Crippen LogP contribution < -0.4 is 14.4 Å². The van der Waals surface area contributed by atoms with Gasteiger partial charge in [0.05, 0.1) is 44.9 Å². The molecule has 1 amide bonds. The third kappa shape index (κ3) is 4.78. The van der Waals surface area contributed by atoms with Crippen molar-refractivity contribution >= 4 is 29.1 Å². The molecule has 1 saturated heterocycles. The van der Waals surface area contributed by atoms with Crippen LogP contribution in [0.2, 0.25) is 0 Å². The number of ether oxygens (including phenoxy) is 3. The Morgan fingerprint density at radius 1 is 0.946 bits per heavy atom. The maximum absolute atomic E-state index is 13.5. The standard InChI is InChI=1S/C29H27NO7/c1-17-7-5-6-8-21(17)26-25(27(32)22-16-20(35-2)13-14-23(22)36-3)28(33)29(34)30(26)19-11-9-18(10-12-19)15-24(31)37-4/h5-14,16,26,32H,15H2,1-4H3/b27-25+. The largest absolute Gasteiger partial charge is 0.507 e. The normalized spacial score (nSPS) is 16.5. The van der Waals surface area contributed by atoms with Crippen LogP contribution in [-0.2, 0) is 25.5 Å². The summed E-state index contributed by atoms with van der Waals surface area (Å²) in [7, 11) is 4.25. The summed E-state index contributed by atoms with van der Waals surface area (Å²) in [5, 5.41) is 11.5. The van der Waals surface area contributed by atoms with Crippen molar-refractivity contribution in [1.29, 1.82) is 0 Å². The van der Waals surface area contributed by atoms with E-state index in [2.05, 4.69) is 0 Å². The van der Waals surface area contributed by atoms with Gasteiger partial charge in [-0.1, -0.05) is 36.4 Å². The Kier molecular flexibility index (Phi) is 7.29. The predicted octanol–water partition coefficient (Wildman–Crippen LogP) is 4.35. The van der Waals surface area contributed by atoms with Crippen molar-refractivity contribution in [3.63, 3.8) is 0 Å². The smallest absolute Gasteiger partial charge is 0.309 e. The van der Waals surface area contributed by atoms with Crippen LogP contribution in [0.4, 0.5) is 5.69 Å². The molecule has 0 aromatic heterocycles. The molecule has 3 aromatic carbocycles. The van der Waals surface area contributed by atoms with E-state index in [1.165, 1.54) is 26.2 Å². The van der Waals surface area contributed by atoms with Gasteiger partial charge in [-0.25, -0.2) is 0 Å². The second kappa shape index (κ2) is 10.6.